The van der Waals surface area contributed by atoms with Gasteiger partial charge < -0.3 is 19.1 Å². The van der Waals surface area contributed by atoms with Crippen LogP contribution in [0.4, 0.5) is 0 Å². The average Bonchev–Trinajstić information content (AvgIpc) is 3.31. The Morgan fingerprint density at radius 3 is 2.71 bits per heavy atom. The van der Waals surface area contributed by atoms with E-state index in [1.807, 2.05) is 32.9 Å². The summed E-state index contributed by atoms with van der Waals surface area (Å²) in [6.07, 6.45) is 4.88. The van der Waals surface area contributed by atoms with Gasteiger partial charge in [-0.05, 0) is 38.5 Å². The Kier molecular flexibility index (Phi) is 4.60. The molecule has 4 heterocycles. The fraction of sp³-hybridized carbons (Fsp3) is 0.250. The van der Waals surface area contributed by atoms with Gasteiger partial charge in [-0.25, -0.2) is 9.97 Å². The number of hydrogen-bond donors (Lipinski definition) is 1. The van der Waals surface area contributed by atoms with Crippen LogP contribution in [-0.4, -0.2) is 38.0 Å². The quantitative estimate of drug-likeness (QED) is 0.542. The van der Waals surface area contributed by atoms with E-state index in [0.717, 1.165) is 16.8 Å². The molecule has 0 saturated carbocycles. The largest absolute Gasteiger partial charge is 0.494 e. The van der Waals surface area contributed by atoms with Crippen LogP contribution in [0.1, 0.15) is 19.4 Å². The first-order valence-corrected chi connectivity index (χ1v) is 9.00. The summed E-state index contributed by atoms with van der Waals surface area (Å²) in [4.78, 5) is 9.07. The van der Waals surface area contributed by atoms with Gasteiger partial charge in [0, 0.05) is 24.0 Å². The molecule has 0 aromatic carbocycles. The summed E-state index contributed by atoms with van der Waals surface area (Å²) in [5, 5.41) is 15.1. The second-order valence-corrected chi connectivity index (χ2v) is 6.16. The predicted molar refractivity (Wildman–Crippen MR) is 103 cm³/mol. The third kappa shape index (κ3) is 3.02. The number of hydrogen-bond acceptors (Lipinski definition) is 7. The molecule has 0 atom stereocenters. The summed E-state index contributed by atoms with van der Waals surface area (Å²) in [6, 6.07) is 5.44. The van der Waals surface area contributed by atoms with Crippen LogP contribution in [-0.2, 0) is 0 Å². The molecule has 4 rings (SSSR count). The van der Waals surface area contributed by atoms with Gasteiger partial charge in [-0.1, -0.05) is 5.16 Å². The van der Waals surface area contributed by atoms with Crippen molar-refractivity contribution in [3.05, 3.63) is 42.4 Å². The van der Waals surface area contributed by atoms with E-state index in [9.17, 15) is 5.11 Å². The van der Waals surface area contributed by atoms with Gasteiger partial charge in [0.15, 0.2) is 11.6 Å². The molecular formula is C20H20N4O4. The van der Waals surface area contributed by atoms with E-state index in [4.69, 9.17) is 19.0 Å². The third-order valence-corrected chi connectivity index (χ3v) is 4.31. The normalized spacial score (nSPS) is 11.1. The zero-order chi connectivity index (χ0) is 19.7. The van der Waals surface area contributed by atoms with E-state index in [2.05, 4.69) is 10.1 Å². The summed E-state index contributed by atoms with van der Waals surface area (Å²) in [7, 11) is 0. The molecule has 4 aromatic heterocycles. The smallest absolute Gasteiger partial charge is 0.257 e. The number of aryl methyl sites for hydroxylation is 1. The molecule has 0 saturated heterocycles. The SMILES string of the molecule is CCOc1cc(-c2cc(C)c3c(O)n(-c4ccon4)cc3n2)cnc1OCC. The van der Waals surface area contributed by atoms with Gasteiger partial charge >= 0.3 is 0 Å². The molecular weight excluding hydrogens is 360 g/mol. The predicted octanol–water partition coefficient (Wildman–Crippen LogP) is 3.89. The molecule has 144 valence electrons. The lowest BCUT2D eigenvalue weighted by molar-refractivity contribution is 0.278. The Hall–Kier alpha value is -3.55. The monoisotopic (exact) mass is 380 g/mol. The second-order valence-electron chi connectivity index (χ2n) is 6.16. The number of aromatic hydroxyl groups is 1. The number of pyridine rings is 2. The van der Waals surface area contributed by atoms with Crippen LogP contribution in [0.2, 0.25) is 0 Å². The van der Waals surface area contributed by atoms with Gasteiger partial charge in [0.1, 0.15) is 6.26 Å². The van der Waals surface area contributed by atoms with E-state index in [-0.39, 0.29) is 5.88 Å². The van der Waals surface area contributed by atoms with E-state index >= 15 is 0 Å². The van der Waals surface area contributed by atoms with Crippen molar-refractivity contribution in [2.24, 2.45) is 0 Å². The molecule has 0 bridgehead atoms. The minimum Gasteiger partial charge on any atom is -0.494 e. The summed E-state index contributed by atoms with van der Waals surface area (Å²) in [5.41, 5.74) is 3.04. The fourth-order valence-electron chi connectivity index (χ4n) is 3.11. The van der Waals surface area contributed by atoms with Crippen LogP contribution in [0, 0.1) is 6.92 Å². The van der Waals surface area contributed by atoms with Crippen molar-refractivity contribution >= 4 is 10.9 Å². The summed E-state index contributed by atoms with van der Waals surface area (Å²) in [6.45, 7) is 6.74. The van der Waals surface area contributed by atoms with Crippen molar-refractivity contribution in [2.45, 2.75) is 20.8 Å². The molecule has 0 aliphatic carbocycles. The third-order valence-electron chi connectivity index (χ3n) is 4.31. The Bertz CT molecular complexity index is 1120. The van der Waals surface area contributed by atoms with Crippen molar-refractivity contribution in [1.29, 1.82) is 0 Å². The van der Waals surface area contributed by atoms with Crippen LogP contribution in [0.3, 0.4) is 0 Å². The highest BCUT2D eigenvalue weighted by Crippen LogP contribution is 2.35. The molecule has 0 unspecified atom stereocenters. The maximum absolute atomic E-state index is 10.6. The molecule has 8 nitrogen and oxygen atoms in total. The second kappa shape index (κ2) is 7.22. The van der Waals surface area contributed by atoms with Crippen LogP contribution < -0.4 is 9.47 Å². The zero-order valence-corrected chi connectivity index (χ0v) is 15.8. The van der Waals surface area contributed by atoms with Crippen LogP contribution in [0.15, 0.2) is 41.4 Å². The topological polar surface area (TPSA) is 95.4 Å². The van der Waals surface area contributed by atoms with Crippen LogP contribution in [0.5, 0.6) is 17.5 Å². The number of nitrogens with zero attached hydrogens (tertiary/aromatic N) is 4. The number of fused-ring (bicyclic) bond motifs is 1. The summed E-state index contributed by atoms with van der Waals surface area (Å²) in [5.74, 6) is 1.59. The molecule has 28 heavy (non-hydrogen) atoms. The van der Waals surface area contributed by atoms with Gasteiger partial charge in [-0.3, -0.25) is 4.57 Å². The minimum absolute atomic E-state index is 0.0697. The van der Waals surface area contributed by atoms with Crippen molar-refractivity contribution in [3.63, 3.8) is 0 Å². The van der Waals surface area contributed by atoms with Crippen molar-refractivity contribution in [2.75, 3.05) is 13.2 Å². The Morgan fingerprint density at radius 2 is 2.00 bits per heavy atom. The van der Waals surface area contributed by atoms with Crippen molar-refractivity contribution < 1.29 is 19.1 Å². The van der Waals surface area contributed by atoms with Gasteiger partial charge in [-0.2, -0.15) is 0 Å². The zero-order valence-electron chi connectivity index (χ0n) is 15.8. The molecule has 4 aromatic rings. The van der Waals surface area contributed by atoms with Gasteiger partial charge in [0.2, 0.25) is 5.88 Å². The molecule has 1 N–H and O–H groups in total. The van der Waals surface area contributed by atoms with E-state index in [1.54, 1.807) is 23.0 Å². The minimum atomic E-state index is 0.0697. The average molecular weight is 380 g/mol. The number of ether oxygens (including phenoxy) is 2. The molecule has 0 radical (unpaired) electrons. The highest BCUT2D eigenvalue weighted by Gasteiger charge is 2.17. The first-order valence-electron chi connectivity index (χ1n) is 9.00. The number of rotatable bonds is 6. The maximum Gasteiger partial charge on any atom is 0.257 e. The van der Waals surface area contributed by atoms with Gasteiger partial charge in [0.25, 0.3) is 5.88 Å². The van der Waals surface area contributed by atoms with E-state index < -0.39 is 0 Å². The van der Waals surface area contributed by atoms with Crippen molar-refractivity contribution in [1.82, 2.24) is 19.7 Å². The lowest BCUT2D eigenvalue weighted by Gasteiger charge is -2.11. The molecule has 0 fully saturated rings. The molecule has 0 amide bonds. The lowest BCUT2D eigenvalue weighted by atomic mass is 10.1. The Labute approximate surface area is 161 Å². The first-order chi connectivity index (χ1) is 13.6. The maximum atomic E-state index is 10.6. The molecule has 0 spiro atoms. The lowest BCUT2D eigenvalue weighted by Crippen LogP contribution is -2.01. The molecule has 0 aliphatic heterocycles. The van der Waals surface area contributed by atoms with Crippen molar-refractivity contribution in [3.8, 4) is 34.6 Å². The van der Waals surface area contributed by atoms with E-state index in [1.165, 1.54) is 6.26 Å². The Balaban J connectivity index is 1.82. The molecule has 8 heteroatoms. The Morgan fingerprint density at radius 1 is 1.18 bits per heavy atom. The van der Waals surface area contributed by atoms with Gasteiger partial charge in [0.05, 0.1) is 29.8 Å². The van der Waals surface area contributed by atoms with Gasteiger partial charge in [-0.15, -0.1) is 0 Å². The van der Waals surface area contributed by atoms with Crippen LogP contribution in [0.25, 0.3) is 28.0 Å². The van der Waals surface area contributed by atoms with E-state index in [0.29, 0.717) is 41.6 Å². The first kappa shape index (κ1) is 17.8. The summed E-state index contributed by atoms with van der Waals surface area (Å²) >= 11 is 0. The standard InChI is InChI=1S/C20H20N4O4/c1-4-26-16-9-13(10-21-19(16)27-5-2)14-8-12(3)18-15(22-14)11-24(20(18)25)17-6-7-28-23-17/h6-11,25H,4-5H2,1-3H3. The number of aromatic nitrogens is 4. The highest BCUT2D eigenvalue weighted by atomic mass is 16.5. The summed E-state index contributed by atoms with van der Waals surface area (Å²) < 4.78 is 17.6. The van der Waals surface area contributed by atoms with Crippen LogP contribution >= 0.6 is 0 Å². The molecule has 0 aliphatic rings. The highest BCUT2D eigenvalue weighted by molar-refractivity contribution is 5.90. The fourth-order valence-corrected chi connectivity index (χ4v) is 3.11.